The molecule has 0 radical (unpaired) electrons. The molecule has 0 aromatic carbocycles. The van der Waals surface area contributed by atoms with E-state index >= 15 is 0 Å². The van der Waals surface area contributed by atoms with Gasteiger partial charge in [0, 0.05) is 32.8 Å². The summed E-state index contributed by atoms with van der Waals surface area (Å²) in [6, 6.07) is 0.843. The van der Waals surface area contributed by atoms with Gasteiger partial charge in [0.05, 0.1) is 32.2 Å². The monoisotopic (exact) mass is 322 g/mol. The normalized spacial score (nSPS) is 12.9. The highest BCUT2D eigenvalue weighted by atomic mass is 28.4. The van der Waals surface area contributed by atoms with Gasteiger partial charge in [-0.3, -0.25) is 0 Å². The third-order valence-electron chi connectivity index (χ3n) is 4.12. The SMILES string of the molecule is CCO[Si](CC[N+](CC)(CC)CCCO)(OCC)OCC. The van der Waals surface area contributed by atoms with E-state index < -0.39 is 8.80 Å². The summed E-state index contributed by atoms with van der Waals surface area (Å²) in [5, 5.41) is 9.13. The highest BCUT2D eigenvalue weighted by Gasteiger charge is 2.43. The van der Waals surface area contributed by atoms with E-state index in [0.29, 0.717) is 19.8 Å². The van der Waals surface area contributed by atoms with E-state index in [1.807, 2.05) is 20.8 Å². The van der Waals surface area contributed by atoms with Crippen LogP contribution in [0.4, 0.5) is 0 Å². The van der Waals surface area contributed by atoms with Crippen molar-refractivity contribution in [3.8, 4) is 0 Å². The van der Waals surface area contributed by atoms with Gasteiger partial charge in [0.25, 0.3) is 0 Å². The Bertz CT molecular complexity index is 233. The molecule has 0 amide bonds. The van der Waals surface area contributed by atoms with Gasteiger partial charge in [-0.25, -0.2) is 0 Å². The highest BCUT2D eigenvalue weighted by molar-refractivity contribution is 6.60. The first kappa shape index (κ1) is 21.0. The number of nitrogens with zero attached hydrogens (tertiary/aromatic N) is 1. The second kappa shape index (κ2) is 11.6. The predicted octanol–water partition coefficient (Wildman–Crippen LogP) is 2.27. The quantitative estimate of drug-likeness (QED) is 0.394. The molecular formula is C15H36NO4Si+. The van der Waals surface area contributed by atoms with Crippen LogP contribution in [0.3, 0.4) is 0 Å². The fourth-order valence-corrected chi connectivity index (χ4v) is 5.50. The van der Waals surface area contributed by atoms with E-state index in [2.05, 4.69) is 13.8 Å². The van der Waals surface area contributed by atoms with Gasteiger partial charge in [-0.15, -0.1) is 0 Å². The molecule has 0 aliphatic carbocycles. The number of quaternary nitrogens is 1. The molecule has 0 aromatic rings. The summed E-state index contributed by atoms with van der Waals surface area (Å²) in [5.41, 5.74) is 0. The first-order valence-electron chi connectivity index (χ1n) is 8.45. The number of aliphatic hydroxyl groups excluding tert-OH is 1. The molecule has 0 saturated carbocycles. The lowest BCUT2D eigenvalue weighted by atomic mass is 10.3. The van der Waals surface area contributed by atoms with Crippen LogP contribution in [0.25, 0.3) is 0 Å². The lowest BCUT2D eigenvalue weighted by Gasteiger charge is -2.39. The standard InChI is InChI=1S/C15H36NO4Si/c1-6-16(7-2,12-11-14-17)13-15-21(18-8-3,19-9-4)20-10-5/h17H,6-15H2,1-5H3/q+1. The summed E-state index contributed by atoms with van der Waals surface area (Å²) in [5.74, 6) is 0. The van der Waals surface area contributed by atoms with Gasteiger partial charge < -0.3 is 22.9 Å². The Labute approximate surface area is 132 Å². The molecule has 0 rings (SSSR count). The highest BCUT2D eigenvalue weighted by Crippen LogP contribution is 2.20. The molecule has 0 saturated heterocycles. The zero-order valence-corrected chi connectivity index (χ0v) is 15.7. The minimum absolute atomic E-state index is 0.255. The Morgan fingerprint density at radius 1 is 0.810 bits per heavy atom. The van der Waals surface area contributed by atoms with Crippen molar-refractivity contribution in [2.75, 3.05) is 52.6 Å². The van der Waals surface area contributed by atoms with Crippen LogP contribution < -0.4 is 0 Å². The molecule has 0 spiro atoms. The molecule has 0 atom stereocenters. The van der Waals surface area contributed by atoms with Gasteiger partial charge in [0.1, 0.15) is 0 Å². The number of hydrogen-bond donors (Lipinski definition) is 1. The molecule has 0 unspecified atom stereocenters. The lowest BCUT2D eigenvalue weighted by Crippen LogP contribution is -2.55. The van der Waals surface area contributed by atoms with Crippen molar-refractivity contribution in [2.24, 2.45) is 0 Å². The van der Waals surface area contributed by atoms with Crippen molar-refractivity contribution in [3.63, 3.8) is 0 Å². The molecule has 0 aliphatic rings. The molecule has 6 heteroatoms. The third-order valence-corrected chi connectivity index (χ3v) is 7.14. The number of rotatable bonds is 14. The van der Waals surface area contributed by atoms with E-state index in [-0.39, 0.29) is 6.61 Å². The van der Waals surface area contributed by atoms with Gasteiger partial charge in [0.2, 0.25) is 0 Å². The zero-order chi connectivity index (χ0) is 16.2. The predicted molar refractivity (Wildman–Crippen MR) is 88.2 cm³/mol. The maximum absolute atomic E-state index is 9.13. The van der Waals surface area contributed by atoms with Crippen molar-refractivity contribution in [1.29, 1.82) is 0 Å². The number of hydrogen-bond acceptors (Lipinski definition) is 4. The van der Waals surface area contributed by atoms with Gasteiger partial charge in [-0.05, 0) is 34.6 Å². The third kappa shape index (κ3) is 7.21. The fraction of sp³-hybridized carbons (Fsp3) is 1.00. The first-order valence-corrected chi connectivity index (χ1v) is 10.4. The van der Waals surface area contributed by atoms with E-state index in [9.17, 15) is 0 Å². The molecule has 21 heavy (non-hydrogen) atoms. The molecule has 0 aromatic heterocycles. The van der Waals surface area contributed by atoms with Crippen LogP contribution in [-0.2, 0) is 13.3 Å². The Kier molecular flexibility index (Phi) is 11.6. The summed E-state index contributed by atoms with van der Waals surface area (Å²) in [4.78, 5) is 0. The van der Waals surface area contributed by atoms with Crippen molar-refractivity contribution in [3.05, 3.63) is 0 Å². The van der Waals surface area contributed by atoms with Gasteiger partial charge in [0.15, 0.2) is 0 Å². The summed E-state index contributed by atoms with van der Waals surface area (Å²) >= 11 is 0. The van der Waals surface area contributed by atoms with E-state index in [1.165, 1.54) is 0 Å². The van der Waals surface area contributed by atoms with E-state index in [4.69, 9.17) is 18.4 Å². The molecule has 0 fully saturated rings. The zero-order valence-electron chi connectivity index (χ0n) is 14.7. The molecule has 0 aliphatic heterocycles. The van der Waals surface area contributed by atoms with Crippen molar-refractivity contribution in [2.45, 2.75) is 47.1 Å². The Balaban J connectivity index is 4.86. The summed E-state index contributed by atoms with van der Waals surface area (Å²) in [6.07, 6.45) is 0.841. The first-order chi connectivity index (χ1) is 10.1. The second-order valence-corrected chi connectivity index (χ2v) is 7.96. The van der Waals surface area contributed by atoms with Gasteiger partial charge in [-0.2, -0.15) is 0 Å². The van der Waals surface area contributed by atoms with Crippen molar-refractivity contribution >= 4 is 8.80 Å². The average Bonchev–Trinajstić information content (AvgIpc) is 2.49. The second-order valence-electron chi connectivity index (χ2n) is 5.23. The minimum atomic E-state index is -2.56. The fourth-order valence-electron chi connectivity index (χ4n) is 2.75. The van der Waals surface area contributed by atoms with Crippen LogP contribution in [-0.4, -0.2) is 71.0 Å². The van der Waals surface area contributed by atoms with Crippen LogP contribution in [0.1, 0.15) is 41.0 Å². The summed E-state index contributed by atoms with van der Waals surface area (Å²) in [7, 11) is -2.56. The lowest BCUT2D eigenvalue weighted by molar-refractivity contribution is -0.923. The topological polar surface area (TPSA) is 47.9 Å². The Morgan fingerprint density at radius 3 is 1.62 bits per heavy atom. The number of aliphatic hydroxyl groups is 1. The van der Waals surface area contributed by atoms with Crippen LogP contribution >= 0.6 is 0 Å². The molecule has 128 valence electrons. The van der Waals surface area contributed by atoms with Gasteiger partial charge in [-0.1, -0.05) is 0 Å². The molecule has 1 N–H and O–H groups in total. The molecule has 0 heterocycles. The molecule has 0 bridgehead atoms. The van der Waals surface area contributed by atoms with Gasteiger partial charge >= 0.3 is 8.80 Å². The Morgan fingerprint density at radius 2 is 1.29 bits per heavy atom. The van der Waals surface area contributed by atoms with E-state index in [1.54, 1.807) is 0 Å². The minimum Gasteiger partial charge on any atom is -0.396 e. The smallest absolute Gasteiger partial charge is 0.396 e. The van der Waals surface area contributed by atoms with E-state index in [0.717, 1.165) is 43.1 Å². The van der Waals surface area contributed by atoms with Crippen LogP contribution in [0.15, 0.2) is 0 Å². The van der Waals surface area contributed by atoms with Crippen LogP contribution in [0.5, 0.6) is 0 Å². The molecular weight excluding hydrogens is 286 g/mol. The van der Waals surface area contributed by atoms with Crippen LogP contribution in [0, 0.1) is 0 Å². The average molecular weight is 323 g/mol. The summed E-state index contributed by atoms with van der Waals surface area (Å²) in [6.45, 7) is 16.6. The maximum Gasteiger partial charge on any atom is 0.506 e. The Hall–Kier alpha value is 0.0169. The summed E-state index contributed by atoms with van der Waals surface area (Å²) < 4.78 is 18.8. The maximum atomic E-state index is 9.13. The van der Waals surface area contributed by atoms with Crippen molar-refractivity contribution < 1.29 is 22.9 Å². The van der Waals surface area contributed by atoms with Crippen LogP contribution in [0.2, 0.25) is 6.04 Å². The largest absolute Gasteiger partial charge is 0.506 e. The van der Waals surface area contributed by atoms with Crippen molar-refractivity contribution in [1.82, 2.24) is 0 Å². The molecule has 5 nitrogen and oxygen atoms in total.